The van der Waals surface area contributed by atoms with Crippen LogP contribution in [0, 0.1) is 13.8 Å². The Morgan fingerprint density at radius 1 is 0.846 bits per heavy atom. The summed E-state index contributed by atoms with van der Waals surface area (Å²) in [7, 11) is 0. The summed E-state index contributed by atoms with van der Waals surface area (Å²) in [5.74, 6) is 0. The van der Waals surface area contributed by atoms with Gasteiger partial charge >= 0.3 is 0 Å². The number of thiazole rings is 1. The molecule has 130 valence electrons. The lowest BCUT2D eigenvalue weighted by Crippen LogP contribution is -2.16. The van der Waals surface area contributed by atoms with Crippen LogP contribution in [-0.4, -0.2) is 4.57 Å². The third kappa shape index (κ3) is 3.71. The summed E-state index contributed by atoms with van der Waals surface area (Å²) in [6, 6.07) is 21.4. The molecule has 0 saturated heterocycles. The van der Waals surface area contributed by atoms with E-state index >= 15 is 0 Å². The number of benzene rings is 2. The molecule has 4 rings (SSSR count). The maximum atomic E-state index is 4.91. The van der Waals surface area contributed by atoms with Crippen LogP contribution in [0.2, 0.25) is 0 Å². The van der Waals surface area contributed by atoms with Gasteiger partial charge in [0.15, 0.2) is 4.80 Å². The average Bonchev–Trinajstić information content (AvgIpc) is 3.29. The van der Waals surface area contributed by atoms with Crippen LogP contribution in [0.1, 0.15) is 16.7 Å². The van der Waals surface area contributed by atoms with Crippen molar-refractivity contribution >= 4 is 28.4 Å². The van der Waals surface area contributed by atoms with E-state index in [2.05, 4.69) is 89.8 Å². The van der Waals surface area contributed by atoms with E-state index in [9.17, 15) is 0 Å². The minimum absolute atomic E-state index is 0.821. The summed E-state index contributed by atoms with van der Waals surface area (Å²) in [4.78, 5) is 7.21. The van der Waals surface area contributed by atoms with E-state index in [0.717, 1.165) is 17.0 Å². The molecule has 0 fully saturated rings. The second-order valence-corrected chi connectivity index (χ2v) is 8.18. The molecule has 0 unspecified atom stereocenters. The highest BCUT2D eigenvalue weighted by atomic mass is 32.1. The van der Waals surface area contributed by atoms with Crippen LogP contribution in [0.5, 0.6) is 0 Å². The number of aryl methyl sites for hydroxylation is 2. The molecule has 2 heterocycles. The Hall–Kier alpha value is -2.43. The first-order valence-electron chi connectivity index (χ1n) is 8.58. The molecule has 26 heavy (non-hydrogen) atoms. The van der Waals surface area contributed by atoms with Gasteiger partial charge in [-0.3, -0.25) is 0 Å². The van der Waals surface area contributed by atoms with Crippen molar-refractivity contribution in [2.24, 2.45) is 4.99 Å². The summed E-state index contributed by atoms with van der Waals surface area (Å²) < 4.78 is 2.32. The standard InChI is InChI=1S/C22H20N2S2/c1-16-5-9-18(10-6-16)14-24-20(21-4-3-13-25-21)15-26-22(24)23-19-11-7-17(2)8-12-19/h3-13,15H,14H2,1-2H3. The number of hydrogen-bond donors (Lipinski definition) is 0. The van der Waals surface area contributed by atoms with Crippen LogP contribution in [0.25, 0.3) is 10.6 Å². The molecule has 0 aliphatic heterocycles. The molecule has 2 aromatic heterocycles. The summed E-state index contributed by atoms with van der Waals surface area (Å²) in [5.41, 5.74) is 6.05. The van der Waals surface area contributed by atoms with E-state index in [0.29, 0.717) is 0 Å². The Bertz CT molecular complexity index is 1050. The van der Waals surface area contributed by atoms with Crippen molar-refractivity contribution in [1.29, 1.82) is 0 Å². The van der Waals surface area contributed by atoms with Crippen LogP contribution >= 0.6 is 22.7 Å². The van der Waals surface area contributed by atoms with Gasteiger partial charge in [-0.05, 0) is 43.0 Å². The van der Waals surface area contributed by atoms with Crippen LogP contribution in [0.15, 0.2) is 76.4 Å². The van der Waals surface area contributed by atoms with Gasteiger partial charge in [0.1, 0.15) is 0 Å². The predicted octanol–water partition coefficient (Wildman–Crippen LogP) is 6.18. The predicted molar refractivity (Wildman–Crippen MR) is 112 cm³/mol. The smallest absolute Gasteiger partial charge is 0.190 e. The largest absolute Gasteiger partial charge is 0.311 e. The highest BCUT2D eigenvalue weighted by Gasteiger charge is 2.10. The van der Waals surface area contributed by atoms with Crippen LogP contribution in [0.3, 0.4) is 0 Å². The molecule has 0 bridgehead atoms. The fraction of sp³-hybridized carbons (Fsp3) is 0.136. The Labute approximate surface area is 161 Å². The molecule has 4 aromatic rings. The van der Waals surface area contributed by atoms with Gasteiger partial charge in [-0.15, -0.1) is 22.7 Å². The van der Waals surface area contributed by atoms with Crippen LogP contribution < -0.4 is 4.80 Å². The van der Waals surface area contributed by atoms with Crippen molar-refractivity contribution in [3.63, 3.8) is 0 Å². The fourth-order valence-electron chi connectivity index (χ4n) is 2.80. The summed E-state index contributed by atoms with van der Waals surface area (Å²) in [6.45, 7) is 5.04. The van der Waals surface area contributed by atoms with Gasteiger partial charge in [0.2, 0.25) is 0 Å². The Morgan fingerprint density at radius 3 is 2.19 bits per heavy atom. The monoisotopic (exact) mass is 376 g/mol. The highest BCUT2D eigenvalue weighted by Crippen LogP contribution is 2.26. The summed E-state index contributed by atoms with van der Waals surface area (Å²) >= 11 is 3.47. The van der Waals surface area contributed by atoms with Crippen molar-refractivity contribution in [1.82, 2.24) is 4.57 Å². The zero-order chi connectivity index (χ0) is 17.9. The van der Waals surface area contributed by atoms with Crippen molar-refractivity contribution in [3.8, 4) is 10.6 Å². The second-order valence-electron chi connectivity index (χ2n) is 6.40. The zero-order valence-corrected chi connectivity index (χ0v) is 16.5. The summed E-state index contributed by atoms with van der Waals surface area (Å²) in [6.07, 6.45) is 0. The first kappa shape index (κ1) is 17.0. The average molecular weight is 377 g/mol. The molecule has 4 heteroatoms. The number of aromatic nitrogens is 1. The van der Waals surface area contributed by atoms with Gasteiger partial charge in [-0.25, -0.2) is 4.99 Å². The Morgan fingerprint density at radius 2 is 1.54 bits per heavy atom. The van der Waals surface area contributed by atoms with Crippen molar-refractivity contribution in [3.05, 3.63) is 92.9 Å². The SMILES string of the molecule is Cc1ccc(Cn2c(-c3cccs3)csc2=Nc2ccc(C)cc2)cc1. The third-order valence-corrected chi connectivity index (χ3v) is 6.05. The fourth-order valence-corrected chi connectivity index (χ4v) is 4.54. The quantitative estimate of drug-likeness (QED) is 0.405. The lowest BCUT2D eigenvalue weighted by molar-refractivity contribution is 0.779. The maximum absolute atomic E-state index is 4.91. The maximum Gasteiger partial charge on any atom is 0.190 e. The van der Waals surface area contributed by atoms with E-state index in [1.54, 1.807) is 22.7 Å². The first-order chi connectivity index (χ1) is 12.7. The van der Waals surface area contributed by atoms with E-state index < -0.39 is 0 Å². The van der Waals surface area contributed by atoms with Crippen molar-refractivity contribution in [2.45, 2.75) is 20.4 Å². The minimum Gasteiger partial charge on any atom is -0.311 e. The third-order valence-electron chi connectivity index (χ3n) is 4.29. The molecule has 2 aromatic carbocycles. The lowest BCUT2D eigenvalue weighted by Gasteiger charge is -2.08. The molecule has 0 amide bonds. The molecule has 0 saturated carbocycles. The molecule has 2 nitrogen and oxygen atoms in total. The number of thiophene rings is 1. The Kier molecular flexibility index (Phi) is 4.87. The molecule has 0 aliphatic rings. The van der Waals surface area contributed by atoms with Crippen LogP contribution in [0.4, 0.5) is 5.69 Å². The van der Waals surface area contributed by atoms with Crippen LogP contribution in [-0.2, 0) is 6.54 Å². The van der Waals surface area contributed by atoms with Crippen molar-refractivity contribution < 1.29 is 0 Å². The molecule has 0 aliphatic carbocycles. The minimum atomic E-state index is 0.821. The summed E-state index contributed by atoms with van der Waals surface area (Å²) in [5, 5.41) is 4.34. The highest BCUT2D eigenvalue weighted by molar-refractivity contribution is 7.14. The van der Waals surface area contributed by atoms with Crippen molar-refractivity contribution in [2.75, 3.05) is 0 Å². The normalized spacial score (nSPS) is 11.8. The zero-order valence-electron chi connectivity index (χ0n) is 14.8. The number of nitrogens with zero attached hydrogens (tertiary/aromatic N) is 2. The Balaban J connectivity index is 1.81. The molecular formula is C22H20N2S2. The molecular weight excluding hydrogens is 356 g/mol. The number of rotatable bonds is 4. The topological polar surface area (TPSA) is 17.3 Å². The van der Waals surface area contributed by atoms with Gasteiger partial charge < -0.3 is 4.57 Å². The van der Waals surface area contributed by atoms with Gasteiger partial charge in [0.05, 0.1) is 22.8 Å². The van der Waals surface area contributed by atoms with Gasteiger partial charge in [0, 0.05) is 5.38 Å². The molecule has 0 spiro atoms. The van der Waals surface area contributed by atoms with Gasteiger partial charge in [0.25, 0.3) is 0 Å². The second kappa shape index (κ2) is 7.44. The van der Waals surface area contributed by atoms with Gasteiger partial charge in [-0.2, -0.15) is 0 Å². The first-order valence-corrected chi connectivity index (χ1v) is 10.3. The number of hydrogen-bond acceptors (Lipinski definition) is 3. The van der Waals surface area contributed by atoms with E-state index in [1.165, 1.54) is 27.3 Å². The van der Waals surface area contributed by atoms with E-state index in [4.69, 9.17) is 4.99 Å². The van der Waals surface area contributed by atoms with E-state index in [-0.39, 0.29) is 0 Å². The lowest BCUT2D eigenvalue weighted by atomic mass is 10.1. The molecule has 0 atom stereocenters. The van der Waals surface area contributed by atoms with Gasteiger partial charge in [-0.1, -0.05) is 53.6 Å². The van der Waals surface area contributed by atoms with E-state index in [1.807, 2.05) is 0 Å². The molecule has 0 radical (unpaired) electrons. The molecule has 0 N–H and O–H groups in total.